The van der Waals surface area contributed by atoms with E-state index in [4.69, 9.17) is 25.9 Å². The molecular formula is C21H17ClN2O5S. The van der Waals surface area contributed by atoms with Crippen LogP contribution in [0.4, 0.5) is 0 Å². The highest BCUT2D eigenvalue weighted by Crippen LogP contribution is 2.27. The number of hydrogen-bond acceptors (Lipinski definition) is 6. The van der Waals surface area contributed by atoms with Crippen molar-refractivity contribution in [2.45, 2.75) is 4.90 Å². The summed E-state index contributed by atoms with van der Waals surface area (Å²) in [4.78, 5) is 23.9. The summed E-state index contributed by atoms with van der Waals surface area (Å²) in [7, 11) is 1.60. The first-order valence-corrected chi connectivity index (χ1v) is 10.0. The lowest BCUT2D eigenvalue weighted by Gasteiger charge is -2.03. The second-order valence-electron chi connectivity index (χ2n) is 5.96. The quantitative estimate of drug-likeness (QED) is 0.300. The lowest BCUT2D eigenvalue weighted by Crippen LogP contribution is -2.19. The molecule has 0 aliphatic rings. The molecule has 0 atom stereocenters. The molecular weight excluding hydrogens is 428 g/mol. The molecule has 0 radical (unpaired) electrons. The van der Waals surface area contributed by atoms with Gasteiger partial charge >= 0.3 is 5.97 Å². The van der Waals surface area contributed by atoms with Gasteiger partial charge in [0.25, 0.3) is 0 Å². The zero-order chi connectivity index (χ0) is 21.5. The predicted octanol–water partition coefficient (Wildman–Crippen LogP) is 4.55. The van der Waals surface area contributed by atoms with Crippen LogP contribution in [0, 0.1) is 0 Å². The number of thioether (sulfide) groups is 1. The molecule has 0 unspecified atom stereocenters. The van der Waals surface area contributed by atoms with Crippen molar-refractivity contribution in [1.82, 2.24) is 5.43 Å². The van der Waals surface area contributed by atoms with Crippen LogP contribution in [0.5, 0.6) is 5.75 Å². The number of halogens is 1. The fraction of sp³-hybridized carbons (Fsp3) is 0.0952. The minimum absolute atomic E-state index is 0.0176. The van der Waals surface area contributed by atoms with E-state index >= 15 is 0 Å². The van der Waals surface area contributed by atoms with Crippen LogP contribution >= 0.6 is 23.4 Å². The third-order valence-electron chi connectivity index (χ3n) is 3.92. The summed E-state index contributed by atoms with van der Waals surface area (Å²) < 4.78 is 10.7. The number of carbonyl (C=O) groups is 2. The number of hydrazone groups is 1. The number of nitrogens with one attached hydrogen (secondary N) is 1. The number of hydrogen-bond donors (Lipinski definition) is 2. The van der Waals surface area contributed by atoms with Gasteiger partial charge in [-0.3, -0.25) is 4.79 Å². The van der Waals surface area contributed by atoms with Gasteiger partial charge in [-0.05, 0) is 48.5 Å². The molecule has 9 heteroatoms. The predicted molar refractivity (Wildman–Crippen MR) is 116 cm³/mol. The molecule has 0 bridgehead atoms. The van der Waals surface area contributed by atoms with Crippen LogP contribution in [0.25, 0.3) is 11.3 Å². The van der Waals surface area contributed by atoms with E-state index in [2.05, 4.69) is 10.5 Å². The molecule has 2 N–H and O–H groups in total. The topological polar surface area (TPSA) is 101 Å². The molecule has 0 saturated heterocycles. The zero-order valence-electron chi connectivity index (χ0n) is 15.8. The summed E-state index contributed by atoms with van der Waals surface area (Å²) in [6, 6.07) is 15.3. The molecule has 154 valence electrons. The summed E-state index contributed by atoms with van der Waals surface area (Å²) in [6.45, 7) is 0. The van der Waals surface area contributed by atoms with E-state index in [-0.39, 0.29) is 22.2 Å². The van der Waals surface area contributed by atoms with Crippen LogP contribution in [-0.4, -0.2) is 36.1 Å². The summed E-state index contributed by atoms with van der Waals surface area (Å²) in [5, 5.41) is 13.0. The number of methoxy groups -OCH3 is 1. The van der Waals surface area contributed by atoms with E-state index in [1.165, 1.54) is 30.1 Å². The van der Waals surface area contributed by atoms with Gasteiger partial charge in [0, 0.05) is 10.5 Å². The Balaban J connectivity index is 1.53. The second-order valence-corrected chi connectivity index (χ2v) is 7.42. The van der Waals surface area contributed by atoms with Crippen LogP contribution in [0.1, 0.15) is 16.1 Å². The molecule has 3 rings (SSSR count). The molecule has 7 nitrogen and oxygen atoms in total. The van der Waals surface area contributed by atoms with Gasteiger partial charge in [0.15, 0.2) is 0 Å². The first-order chi connectivity index (χ1) is 14.5. The summed E-state index contributed by atoms with van der Waals surface area (Å²) >= 11 is 7.36. The molecule has 0 fully saturated rings. The van der Waals surface area contributed by atoms with Gasteiger partial charge in [0.2, 0.25) is 5.91 Å². The van der Waals surface area contributed by atoms with Crippen molar-refractivity contribution in [2.75, 3.05) is 12.9 Å². The Bertz CT molecular complexity index is 1080. The summed E-state index contributed by atoms with van der Waals surface area (Å²) in [6.07, 6.45) is 1.38. The Morgan fingerprint density at radius 2 is 1.97 bits per heavy atom. The standard InChI is InChI=1S/C21H17ClN2O5S/c1-28-14-3-6-16(7-4-14)30-12-20(25)24-23-11-15-5-9-19(29-15)13-2-8-17(21(26)27)18(22)10-13/h2-11H,12H2,1H3,(H,24,25)(H,26,27)/b23-11+. The van der Waals surface area contributed by atoms with Gasteiger partial charge < -0.3 is 14.3 Å². The molecule has 0 aliphatic heterocycles. The van der Waals surface area contributed by atoms with E-state index in [1.807, 2.05) is 24.3 Å². The number of amides is 1. The highest BCUT2D eigenvalue weighted by Gasteiger charge is 2.11. The van der Waals surface area contributed by atoms with Gasteiger partial charge in [-0.1, -0.05) is 17.7 Å². The fourth-order valence-electron chi connectivity index (χ4n) is 2.44. The fourth-order valence-corrected chi connectivity index (χ4v) is 3.39. The number of rotatable bonds is 8. The van der Waals surface area contributed by atoms with Crippen molar-refractivity contribution >= 4 is 41.5 Å². The van der Waals surface area contributed by atoms with E-state index in [0.717, 1.165) is 10.6 Å². The number of aromatic carboxylic acids is 1. The average molecular weight is 445 g/mol. The van der Waals surface area contributed by atoms with E-state index in [1.54, 1.807) is 25.3 Å². The van der Waals surface area contributed by atoms with E-state index < -0.39 is 5.97 Å². The highest BCUT2D eigenvalue weighted by molar-refractivity contribution is 8.00. The van der Waals surface area contributed by atoms with Crippen LogP contribution < -0.4 is 10.2 Å². The first kappa shape index (κ1) is 21.5. The molecule has 1 amide bonds. The third-order valence-corrected chi connectivity index (χ3v) is 5.25. The van der Waals surface area contributed by atoms with Crippen molar-refractivity contribution < 1.29 is 23.8 Å². The van der Waals surface area contributed by atoms with Crippen molar-refractivity contribution in [1.29, 1.82) is 0 Å². The number of furan rings is 1. The van der Waals surface area contributed by atoms with E-state index in [0.29, 0.717) is 17.1 Å². The second kappa shape index (κ2) is 10.00. The maximum absolute atomic E-state index is 11.9. The van der Waals surface area contributed by atoms with Gasteiger partial charge in [0.1, 0.15) is 17.3 Å². The smallest absolute Gasteiger partial charge is 0.337 e. The van der Waals surface area contributed by atoms with Crippen LogP contribution in [0.15, 0.2) is 69.0 Å². The number of nitrogens with zero attached hydrogens (tertiary/aromatic N) is 1. The molecule has 30 heavy (non-hydrogen) atoms. The van der Waals surface area contributed by atoms with Gasteiger partial charge in [0.05, 0.1) is 29.7 Å². The number of ether oxygens (including phenoxy) is 1. The normalized spacial score (nSPS) is 10.9. The lowest BCUT2D eigenvalue weighted by atomic mass is 10.1. The van der Waals surface area contributed by atoms with Crippen molar-refractivity contribution in [2.24, 2.45) is 5.10 Å². The van der Waals surface area contributed by atoms with Crippen molar-refractivity contribution in [3.05, 3.63) is 70.9 Å². The zero-order valence-corrected chi connectivity index (χ0v) is 17.4. The Hall–Kier alpha value is -3.23. The Labute approximate surface area is 181 Å². The number of carbonyl (C=O) groups excluding carboxylic acids is 1. The number of benzene rings is 2. The minimum Gasteiger partial charge on any atom is -0.497 e. The Morgan fingerprint density at radius 3 is 2.63 bits per heavy atom. The van der Waals surface area contributed by atoms with Gasteiger partial charge in [-0.2, -0.15) is 5.10 Å². The average Bonchev–Trinajstić information content (AvgIpc) is 3.21. The Kier molecular flexibility index (Phi) is 7.16. The van der Waals surface area contributed by atoms with E-state index in [9.17, 15) is 9.59 Å². The maximum atomic E-state index is 11.9. The molecule has 0 spiro atoms. The van der Waals surface area contributed by atoms with Crippen LogP contribution in [0.3, 0.4) is 0 Å². The first-order valence-electron chi connectivity index (χ1n) is 8.68. The monoisotopic (exact) mass is 444 g/mol. The lowest BCUT2D eigenvalue weighted by molar-refractivity contribution is -0.118. The largest absolute Gasteiger partial charge is 0.497 e. The molecule has 1 heterocycles. The maximum Gasteiger partial charge on any atom is 0.337 e. The number of carboxylic acid groups (broad SMARTS) is 1. The third kappa shape index (κ3) is 5.65. The van der Waals surface area contributed by atoms with Crippen LogP contribution in [-0.2, 0) is 4.79 Å². The van der Waals surface area contributed by atoms with Crippen molar-refractivity contribution in [3.63, 3.8) is 0 Å². The summed E-state index contributed by atoms with van der Waals surface area (Å²) in [5.41, 5.74) is 3.09. The molecule has 3 aromatic rings. The minimum atomic E-state index is -1.10. The van der Waals surface area contributed by atoms with Crippen LogP contribution in [0.2, 0.25) is 5.02 Å². The van der Waals surface area contributed by atoms with Gasteiger partial charge in [-0.25, -0.2) is 10.2 Å². The molecule has 1 aromatic heterocycles. The number of carboxylic acids is 1. The molecule has 2 aromatic carbocycles. The summed E-state index contributed by atoms with van der Waals surface area (Å²) in [5.74, 6) is 0.533. The SMILES string of the molecule is COc1ccc(SCC(=O)N/N=C/c2ccc(-c3ccc(C(=O)O)c(Cl)c3)o2)cc1. The highest BCUT2D eigenvalue weighted by atomic mass is 35.5. The Morgan fingerprint density at radius 1 is 1.20 bits per heavy atom. The van der Waals surface area contributed by atoms with Gasteiger partial charge in [-0.15, -0.1) is 11.8 Å². The molecule has 0 aliphatic carbocycles. The van der Waals surface area contributed by atoms with Crippen molar-refractivity contribution in [3.8, 4) is 17.1 Å². The molecule has 0 saturated carbocycles.